The van der Waals surface area contributed by atoms with Crippen molar-refractivity contribution in [1.29, 1.82) is 0 Å². The van der Waals surface area contributed by atoms with E-state index in [9.17, 15) is 0 Å². The molecule has 118 valence electrons. The Morgan fingerprint density at radius 3 is 2.30 bits per heavy atom. The highest BCUT2D eigenvalue weighted by Gasteiger charge is 2.05. The molecule has 0 unspecified atom stereocenters. The molecule has 0 N–H and O–H groups in total. The summed E-state index contributed by atoms with van der Waals surface area (Å²) < 4.78 is 6.07. The fourth-order valence-corrected chi connectivity index (χ4v) is 2.89. The zero-order valence-corrected chi connectivity index (χ0v) is 13.8. The van der Waals surface area contributed by atoms with Gasteiger partial charge in [0.25, 0.3) is 0 Å². The molecule has 0 aliphatic heterocycles. The number of benzene rings is 3. The van der Waals surface area contributed by atoms with E-state index in [1.54, 1.807) is 0 Å². The number of fused-ring (bicyclic) bond motifs is 1. The van der Waals surface area contributed by atoms with Crippen molar-refractivity contribution in [1.82, 2.24) is 4.90 Å². The average molecular weight is 305 g/mol. The van der Waals surface area contributed by atoms with Gasteiger partial charge in [-0.25, -0.2) is 0 Å². The van der Waals surface area contributed by atoms with Gasteiger partial charge >= 0.3 is 0 Å². The van der Waals surface area contributed by atoms with Crippen molar-refractivity contribution in [2.45, 2.75) is 13.0 Å². The van der Waals surface area contributed by atoms with Crippen molar-refractivity contribution < 1.29 is 4.74 Å². The Hall–Kier alpha value is -2.32. The highest BCUT2D eigenvalue weighted by molar-refractivity contribution is 5.88. The Kier molecular flexibility index (Phi) is 4.94. The van der Waals surface area contributed by atoms with Gasteiger partial charge in [0.2, 0.25) is 0 Å². The van der Waals surface area contributed by atoms with Gasteiger partial charge in [0.15, 0.2) is 0 Å². The molecule has 0 radical (unpaired) electrons. The molecule has 23 heavy (non-hydrogen) atoms. The zero-order valence-electron chi connectivity index (χ0n) is 13.8. The molecule has 3 rings (SSSR count). The maximum absolute atomic E-state index is 6.07. The Labute approximate surface area is 138 Å². The van der Waals surface area contributed by atoms with Crippen LogP contribution in [-0.2, 0) is 13.0 Å². The Morgan fingerprint density at radius 1 is 0.783 bits per heavy atom. The van der Waals surface area contributed by atoms with E-state index < -0.39 is 0 Å². The number of nitrogens with zero attached hydrogens (tertiary/aromatic N) is 1. The van der Waals surface area contributed by atoms with Crippen LogP contribution in [0.4, 0.5) is 0 Å². The Morgan fingerprint density at radius 2 is 1.48 bits per heavy atom. The minimum atomic E-state index is 0.693. The third-order valence-electron chi connectivity index (χ3n) is 3.98. The molecule has 0 fully saturated rings. The normalized spacial score (nSPS) is 11.1. The SMILES string of the molecule is CN(C)Cc1ccccc1CCOc1cccc2ccccc12. The predicted molar refractivity (Wildman–Crippen MR) is 97.0 cm³/mol. The first kappa shape index (κ1) is 15.6. The summed E-state index contributed by atoms with van der Waals surface area (Å²) in [7, 11) is 4.20. The molecule has 0 spiro atoms. The molecule has 2 heteroatoms. The minimum Gasteiger partial charge on any atom is -0.493 e. The third-order valence-corrected chi connectivity index (χ3v) is 3.98. The maximum atomic E-state index is 6.07. The summed E-state index contributed by atoms with van der Waals surface area (Å²) >= 11 is 0. The fourth-order valence-electron chi connectivity index (χ4n) is 2.89. The second kappa shape index (κ2) is 7.30. The zero-order chi connectivity index (χ0) is 16.1. The number of hydrogen-bond acceptors (Lipinski definition) is 2. The Balaban J connectivity index is 1.70. The van der Waals surface area contributed by atoms with Gasteiger partial charge in [-0.1, -0.05) is 60.7 Å². The lowest BCUT2D eigenvalue weighted by Crippen LogP contribution is -2.13. The monoisotopic (exact) mass is 305 g/mol. The molecule has 3 aromatic rings. The van der Waals surface area contributed by atoms with E-state index in [1.165, 1.54) is 21.9 Å². The highest BCUT2D eigenvalue weighted by atomic mass is 16.5. The summed E-state index contributed by atoms with van der Waals surface area (Å²) in [6.45, 7) is 1.66. The van der Waals surface area contributed by atoms with Crippen LogP contribution >= 0.6 is 0 Å². The van der Waals surface area contributed by atoms with Gasteiger partial charge in [-0.3, -0.25) is 0 Å². The molecule has 3 aromatic carbocycles. The van der Waals surface area contributed by atoms with Gasteiger partial charge < -0.3 is 9.64 Å². The quantitative estimate of drug-likeness (QED) is 0.664. The summed E-state index contributed by atoms with van der Waals surface area (Å²) in [6, 6.07) is 23.2. The molecule has 0 heterocycles. The summed E-state index contributed by atoms with van der Waals surface area (Å²) in [5, 5.41) is 2.40. The van der Waals surface area contributed by atoms with Gasteiger partial charge in [0.1, 0.15) is 5.75 Å². The number of ether oxygens (including phenoxy) is 1. The van der Waals surface area contributed by atoms with Crippen LogP contribution in [0.1, 0.15) is 11.1 Å². The molecule has 0 aromatic heterocycles. The van der Waals surface area contributed by atoms with E-state index in [-0.39, 0.29) is 0 Å². The molecule has 2 nitrogen and oxygen atoms in total. The van der Waals surface area contributed by atoms with E-state index in [1.807, 2.05) is 6.07 Å². The molecule has 0 aliphatic carbocycles. The molecule has 0 atom stereocenters. The maximum Gasteiger partial charge on any atom is 0.127 e. The topological polar surface area (TPSA) is 12.5 Å². The van der Waals surface area contributed by atoms with Gasteiger partial charge in [-0.15, -0.1) is 0 Å². The molecule has 0 saturated heterocycles. The van der Waals surface area contributed by atoms with Crippen molar-refractivity contribution in [3.05, 3.63) is 77.9 Å². The third kappa shape index (κ3) is 3.91. The molecular weight excluding hydrogens is 282 g/mol. The second-order valence-corrected chi connectivity index (χ2v) is 6.08. The molecule has 0 amide bonds. The lowest BCUT2D eigenvalue weighted by molar-refractivity contribution is 0.324. The largest absolute Gasteiger partial charge is 0.493 e. The number of rotatable bonds is 6. The van der Waals surface area contributed by atoms with Crippen molar-refractivity contribution in [2.75, 3.05) is 20.7 Å². The summed E-state index contributed by atoms with van der Waals surface area (Å²) in [5.74, 6) is 0.966. The summed E-state index contributed by atoms with van der Waals surface area (Å²) in [5.41, 5.74) is 2.74. The second-order valence-electron chi connectivity index (χ2n) is 6.08. The lowest BCUT2D eigenvalue weighted by atomic mass is 10.0. The molecule has 0 aliphatic rings. The van der Waals surface area contributed by atoms with Crippen molar-refractivity contribution in [2.24, 2.45) is 0 Å². The summed E-state index contributed by atoms with van der Waals surface area (Å²) in [4.78, 5) is 2.20. The van der Waals surface area contributed by atoms with Crippen LogP contribution in [0.3, 0.4) is 0 Å². The Bertz CT molecular complexity index is 774. The van der Waals surface area contributed by atoms with E-state index in [2.05, 4.69) is 79.7 Å². The van der Waals surface area contributed by atoms with Crippen LogP contribution < -0.4 is 4.74 Å². The van der Waals surface area contributed by atoms with Gasteiger partial charge in [0.05, 0.1) is 6.61 Å². The fraction of sp³-hybridized carbons (Fsp3) is 0.238. The van der Waals surface area contributed by atoms with E-state index in [4.69, 9.17) is 4.74 Å². The number of hydrogen-bond donors (Lipinski definition) is 0. The average Bonchev–Trinajstić information content (AvgIpc) is 2.56. The summed E-state index contributed by atoms with van der Waals surface area (Å²) in [6.07, 6.45) is 0.924. The molecular formula is C21H23NO. The van der Waals surface area contributed by atoms with Crippen LogP contribution in [-0.4, -0.2) is 25.6 Å². The van der Waals surface area contributed by atoms with Gasteiger partial charge in [-0.05, 0) is 36.7 Å². The van der Waals surface area contributed by atoms with Crippen molar-refractivity contribution in [3.63, 3.8) is 0 Å². The van der Waals surface area contributed by atoms with E-state index in [0.717, 1.165) is 18.7 Å². The van der Waals surface area contributed by atoms with E-state index >= 15 is 0 Å². The van der Waals surface area contributed by atoms with Crippen LogP contribution in [0.5, 0.6) is 5.75 Å². The predicted octanol–water partition coefficient (Wildman–Crippen LogP) is 4.52. The molecule has 0 bridgehead atoms. The van der Waals surface area contributed by atoms with Crippen molar-refractivity contribution in [3.8, 4) is 5.75 Å². The van der Waals surface area contributed by atoms with Gasteiger partial charge in [-0.2, -0.15) is 0 Å². The molecule has 0 saturated carbocycles. The smallest absolute Gasteiger partial charge is 0.127 e. The van der Waals surface area contributed by atoms with Crippen molar-refractivity contribution >= 4 is 10.8 Å². The first-order chi connectivity index (χ1) is 11.2. The van der Waals surface area contributed by atoms with Crippen LogP contribution in [0, 0.1) is 0 Å². The van der Waals surface area contributed by atoms with Crippen LogP contribution in [0.25, 0.3) is 10.8 Å². The highest BCUT2D eigenvalue weighted by Crippen LogP contribution is 2.25. The first-order valence-corrected chi connectivity index (χ1v) is 8.06. The first-order valence-electron chi connectivity index (χ1n) is 8.06. The lowest BCUT2D eigenvalue weighted by Gasteiger charge is -2.15. The van der Waals surface area contributed by atoms with E-state index in [0.29, 0.717) is 6.61 Å². The van der Waals surface area contributed by atoms with Gasteiger partial charge in [0, 0.05) is 18.4 Å². The standard InChI is InChI=1S/C21H23NO/c1-22(2)16-19-10-4-3-8-17(19)14-15-23-21-13-7-11-18-9-5-6-12-20(18)21/h3-13H,14-16H2,1-2H3. The van der Waals surface area contributed by atoms with Crippen LogP contribution in [0.15, 0.2) is 66.7 Å². The minimum absolute atomic E-state index is 0.693. The van der Waals surface area contributed by atoms with Crippen LogP contribution in [0.2, 0.25) is 0 Å².